The zero-order chi connectivity index (χ0) is 23.9. The van der Waals surface area contributed by atoms with E-state index in [0.29, 0.717) is 28.5 Å². The molecule has 1 heterocycles. The van der Waals surface area contributed by atoms with Crippen molar-refractivity contribution in [3.63, 3.8) is 0 Å². The van der Waals surface area contributed by atoms with E-state index in [1.807, 2.05) is 36.4 Å². The van der Waals surface area contributed by atoms with Crippen molar-refractivity contribution >= 4 is 50.3 Å². The first-order valence-electron chi connectivity index (χ1n) is 10.7. The molecule has 172 valence electrons. The molecule has 7 nitrogen and oxygen atoms in total. The lowest BCUT2D eigenvalue weighted by Gasteiger charge is -2.09. The Morgan fingerprint density at radius 2 is 1.97 bits per heavy atom. The molecule has 0 spiro atoms. The zero-order valence-electron chi connectivity index (χ0n) is 18.1. The van der Waals surface area contributed by atoms with Crippen molar-refractivity contribution in [2.45, 2.75) is 32.3 Å². The van der Waals surface area contributed by atoms with E-state index in [1.54, 1.807) is 12.1 Å². The molecule has 0 saturated carbocycles. The van der Waals surface area contributed by atoms with Gasteiger partial charge in [0.1, 0.15) is 23.4 Å². The van der Waals surface area contributed by atoms with E-state index < -0.39 is 11.8 Å². The Morgan fingerprint density at radius 1 is 1.15 bits per heavy atom. The number of hydrogen-bond donors (Lipinski definition) is 2. The Morgan fingerprint density at radius 3 is 2.79 bits per heavy atom. The molecular formula is C25H21BrN4O3S. The van der Waals surface area contributed by atoms with Crippen LogP contribution in [0.3, 0.4) is 0 Å². The van der Waals surface area contributed by atoms with E-state index >= 15 is 0 Å². The Labute approximate surface area is 209 Å². The summed E-state index contributed by atoms with van der Waals surface area (Å²) in [5, 5.41) is 16.4. The Hall–Kier alpha value is -3.48. The van der Waals surface area contributed by atoms with Gasteiger partial charge in [-0.25, -0.2) is 5.43 Å². The molecule has 1 aliphatic carbocycles. The van der Waals surface area contributed by atoms with Gasteiger partial charge in [-0.2, -0.15) is 10.4 Å². The SMILES string of the molecule is N#Cc1c(NC(=O)C(=O)NN=Cc2ccccc2OCc2cccc(Br)c2)sc2c1CCCC2. The molecule has 0 radical (unpaired) electrons. The summed E-state index contributed by atoms with van der Waals surface area (Å²) in [5.41, 5.74) is 5.34. The van der Waals surface area contributed by atoms with Gasteiger partial charge < -0.3 is 10.1 Å². The number of amides is 2. The standard InChI is InChI=1S/C25H21BrN4O3S/c26-18-8-5-6-16(12-18)15-33-21-10-3-1-7-17(21)14-28-30-24(32)23(31)29-25-20(13-27)19-9-2-4-11-22(19)34-25/h1,3,5-8,10,12,14H,2,4,9,11,15H2,(H,29,31)(H,30,32). The molecule has 1 aromatic heterocycles. The molecule has 1 aliphatic rings. The number of nitrogens with zero attached hydrogens (tertiary/aromatic N) is 2. The van der Waals surface area contributed by atoms with E-state index in [9.17, 15) is 14.9 Å². The van der Waals surface area contributed by atoms with Crippen molar-refractivity contribution < 1.29 is 14.3 Å². The van der Waals surface area contributed by atoms with E-state index in [1.165, 1.54) is 17.6 Å². The third-order valence-corrected chi connectivity index (χ3v) is 6.99. The van der Waals surface area contributed by atoms with Gasteiger partial charge >= 0.3 is 11.8 Å². The summed E-state index contributed by atoms with van der Waals surface area (Å²) < 4.78 is 6.86. The van der Waals surface area contributed by atoms with Gasteiger partial charge in [-0.05, 0) is 61.1 Å². The molecule has 0 atom stereocenters. The summed E-state index contributed by atoms with van der Waals surface area (Å²) >= 11 is 4.81. The summed E-state index contributed by atoms with van der Waals surface area (Å²) in [6.45, 7) is 0.366. The van der Waals surface area contributed by atoms with Crippen LogP contribution in [-0.2, 0) is 29.0 Å². The van der Waals surface area contributed by atoms with Gasteiger partial charge in [-0.3, -0.25) is 9.59 Å². The average Bonchev–Trinajstić information content (AvgIpc) is 3.20. The number of benzene rings is 2. The number of carbonyl (C=O) groups excluding carboxylic acids is 2. The number of halogens is 1. The van der Waals surface area contributed by atoms with Crippen LogP contribution in [0.4, 0.5) is 5.00 Å². The minimum Gasteiger partial charge on any atom is -0.488 e. The highest BCUT2D eigenvalue weighted by molar-refractivity contribution is 9.10. The van der Waals surface area contributed by atoms with E-state index in [-0.39, 0.29) is 0 Å². The van der Waals surface area contributed by atoms with Gasteiger partial charge in [0.25, 0.3) is 0 Å². The minimum absolute atomic E-state index is 0.366. The van der Waals surface area contributed by atoms with Crippen LogP contribution >= 0.6 is 27.3 Å². The molecule has 2 amide bonds. The number of para-hydroxylation sites is 1. The number of nitrogens with one attached hydrogen (secondary N) is 2. The van der Waals surface area contributed by atoms with E-state index in [4.69, 9.17) is 4.74 Å². The molecule has 0 fully saturated rings. The number of rotatable bonds is 6. The molecule has 0 bridgehead atoms. The number of hydrazone groups is 1. The Bertz CT molecular complexity index is 1300. The smallest absolute Gasteiger partial charge is 0.329 e. The normalized spacial score (nSPS) is 12.6. The Balaban J connectivity index is 1.36. The highest BCUT2D eigenvalue weighted by Gasteiger charge is 2.23. The molecule has 2 N–H and O–H groups in total. The molecule has 34 heavy (non-hydrogen) atoms. The van der Waals surface area contributed by atoms with Crippen LogP contribution in [0.1, 0.15) is 40.0 Å². The maximum absolute atomic E-state index is 12.4. The highest BCUT2D eigenvalue weighted by atomic mass is 79.9. The second-order valence-electron chi connectivity index (χ2n) is 7.64. The first-order chi connectivity index (χ1) is 16.5. The van der Waals surface area contributed by atoms with Gasteiger partial charge in [0, 0.05) is 14.9 Å². The van der Waals surface area contributed by atoms with Crippen LogP contribution in [0, 0.1) is 11.3 Å². The summed E-state index contributed by atoms with van der Waals surface area (Å²) in [7, 11) is 0. The van der Waals surface area contributed by atoms with Crippen LogP contribution in [0.25, 0.3) is 0 Å². The minimum atomic E-state index is -0.918. The van der Waals surface area contributed by atoms with Gasteiger partial charge in [0.15, 0.2) is 0 Å². The van der Waals surface area contributed by atoms with Gasteiger partial charge in [-0.15, -0.1) is 11.3 Å². The lowest BCUT2D eigenvalue weighted by molar-refractivity contribution is -0.136. The molecule has 2 aromatic carbocycles. The van der Waals surface area contributed by atoms with Gasteiger partial charge in [0.2, 0.25) is 0 Å². The van der Waals surface area contributed by atoms with Crippen LogP contribution in [0.5, 0.6) is 5.75 Å². The number of aryl methyl sites for hydroxylation is 1. The first kappa shape index (κ1) is 23.7. The molecule has 4 rings (SSSR count). The summed E-state index contributed by atoms with van der Waals surface area (Å²) in [5.74, 6) is -1.20. The van der Waals surface area contributed by atoms with Crippen LogP contribution in [0.2, 0.25) is 0 Å². The molecular weight excluding hydrogens is 516 g/mol. The quantitative estimate of drug-likeness (QED) is 0.264. The fraction of sp³-hybridized carbons (Fsp3) is 0.200. The van der Waals surface area contributed by atoms with Crippen molar-refractivity contribution in [1.29, 1.82) is 5.26 Å². The fourth-order valence-corrected chi connectivity index (χ4v) is 5.33. The Kier molecular flexibility index (Phi) is 7.72. The van der Waals surface area contributed by atoms with Crippen molar-refractivity contribution in [3.8, 4) is 11.8 Å². The number of thiophene rings is 1. The average molecular weight is 537 g/mol. The van der Waals surface area contributed by atoms with Crippen molar-refractivity contribution in [1.82, 2.24) is 5.43 Å². The number of fused-ring (bicyclic) bond motifs is 1. The monoisotopic (exact) mass is 536 g/mol. The number of nitriles is 1. The number of hydrogen-bond acceptors (Lipinski definition) is 6. The summed E-state index contributed by atoms with van der Waals surface area (Å²) in [6.07, 6.45) is 5.23. The third-order valence-electron chi connectivity index (χ3n) is 5.29. The van der Waals surface area contributed by atoms with Crippen LogP contribution in [-0.4, -0.2) is 18.0 Å². The first-order valence-corrected chi connectivity index (χ1v) is 12.3. The topological polar surface area (TPSA) is 104 Å². The third kappa shape index (κ3) is 5.71. The highest BCUT2D eigenvalue weighted by Crippen LogP contribution is 2.37. The summed E-state index contributed by atoms with van der Waals surface area (Å²) in [6, 6.07) is 17.2. The van der Waals surface area contributed by atoms with Crippen LogP contribution < -0.4 is 15.5 Å². The second-order valence-corrected chi connectivity index (χ2v) is 9.66. The van der Waals surface area contributed by atoms with Gasteiger partial charge in [0.05, 0.1) is 11.8 Å². The van der Waals surface area contributed by atoms with E-state index in [0.717, 1.165) is 46.2 Å². The molecule has 0 aliphatic heterocycles. The molecule has 0 saturated heterocycles. The molecule has 3 aromatic rings. The second kappa shape index (κ2) is 11.1. The van der Waals surface area contributed by atoms with Crippen LogP contribution in [0.15, 0.2) is 58.1 Å². The van der Waals surface area contributed by atoms with Gasteiger partial charge in [-0.1, -0.05) is 40.2 Å². The number of ether oxygens (including phenoxy) is 1. The predicted octanol–water partition coefficient (Wildman–Crippen LogP) is 4.93. The maximum atomic E-state index is 12.4. The lowest BCUT2D eigenvalue weighted by Crippen LogP contribution is -2.32. The fourth-order valence-electron chi connectivity index (χ4n) is 3.65. The van der Waals surface area contributed by atoms with Crippen molar-refractivity contribution in [2.24, 2.45) is 5.10 Å². The number of carbonyl (C=O) groups is 2. The molecule has 0 unspecified atom stereocenters. The zero-order valence-corrected chi connectivity index (χ0v) is 20.5. The van der Waals surface area contributed by atoms with Crippen molar-refractivity contribution in [3.05, 3.63) is 80.1 Å². The van der Waals surface area contributed by atoms with E-state index in [2.05, 4.69) is 37.8 Å². The number of anilines is 1. The molecule has 9 heteroatoms. The van der Waals surface area contributed by atoms with Crippen molar-refractivity contribution in [2.75, 3.05) is 5.32 Å². The summed E-state index contributed by atoms with van der Waals surface area (Å²) in [4.78, 5) is 25.7. The predicted molar refractivity (Wildman–Crippen MR) is 135 cm³/mol. The largest absolute Gasteiger partial charge is 0.488 e. The lowest BCUT2D eigenvalue weighted by atomic mass is 9.96. The maximum Gasteiger partial charge on any atom is 0.329 e.